The molecule has 0 amide bonds. The number of rotatable bonds is 15. The van der Waals surface area contributed by atoms with Crippen LogP contribution in [0.5, 0.6) is 0 Å². The number of benzene rings is 1. The van der Waals surface area contributed by atoms with Crippen molar-refractivity contribution < 1.29 is 15.0 Å². The smallest absolute Gasteiger partial charge is 0.321 e. The molecule has 1 aromatic rings. The van der Waals surface area contributed by atoms with E-state index in [0.717, 1.165) is 24.8 Å². The van der Waals surface area contributed by atoms with Crippen LogP contribution in [0.15, 0.2) is 30.3 Å². The van der Waals surface area contributed by atoms with Crippen molar-refractivity contribution in [3.8, 4) is 0 Å². The molecular formula is C21H35NO3. The second-order valence-corrected chi connectivity index (χ2v) is 6.91. The molecule has 142 valence electrons. The molecule has 4 nitrogen and oxygen atoms in total. The molecule has 4 heteroatoms. The lowest BCUT2D eigenvalue weighted by Gasteiger charge is -2.17. The van der Waals surface area contributed by atoms with Crippen molar-refractivity contribution in [2.75, 3.05) is 6.54 Å². The SMILES string of the molecule is CCCCCCCCCCC(O)CN[C@@H](Cc1ccccc1)C(=O)O. The minimum absolute atomic E-state index is 0.334. The molecule has 1 aromatic carbocycles. The van der Waals surface area contributed by atoms with Crippen molar-refractivity contribution in [2.45, 2.75) is 83.3 Å². The number of carboxylic acids is 1. The number of aliphatic hydroxyl groups is 1. The first-order valence-corrected chi connectivity index (χ1v) is 9.81. The summed E-state index contributed by atoms with van der Waals surface area (Å²) in [5.74, 6) is -0.872. The molecule has 0 saturated carbocycles. The van der Waals surface area contributed by atoms with E-state index >= 15 is 0 Å². The summed E-state index contributed by atoms with van der Waals surface area (Å²) in [4.78, 5) is 11.4. The van der Waals surface area contributed by atoms with Gasteiger partial charge in [0, 0.05) is 6.54 Å². The normalized spacial score (nSPS) is 13.5. The summed E-state index contributed by atoms with van der Waals surface area (Å²) in [5.41, 5.74) is 0.986. The zero-order valence-electron chi connectivity index (χ0n) is 15.6. The first kappa shape index (κ1) is 21.7. The third-order valence-electron chi connectivity index (χ3n) is 4.57. The minimum Gasteiger partial charge on any atom is -0.480 e. The van der Waals surface area contributed by atoms with Crippen LogP contribution in [0.2, 0.25) is 0 Å². The highest BCUT2D eigenvalue weighted by Gasteiger charge is 2.18. The molecule has 0 aliphatic heterocycles. The third-order valence-corrected chi connectivity index (χ3v) is 4.57. The Kier molecular flexibility index (Phi) is 12.0. The van der Waals surface area contributed by atoms with Gasteiger partial charge in [-0.1, -0.05) is 88.6 Å². The molecule has 0 saturated heterocycles. The average molecular weight is 350 g/mol. The Labute approximate surface area is 152 Å². The van der Waals surface area contributed by atoms with Gasteiger partial charge >= 0.3 is 5.97 Å². The maximum atomic E-state index is 11.4. The number of aliphatic carboxylic acids is 1. The van der Waals surface area contributed by atoms with E-state index in [1.54, 1.807) is 0 Å². The summed E-state index contributed by atoms with van der Waals surface area (Å²) in [7, 11) is 0. The molecule has 0 aliphatic rings. The maximum absolute atomic E-state index is 11.4. The molecule has 0 bridgehead atoms. The lowest BCUT2D eigenvalue weighted by Crippen LogP contribution is -2.42. The van der Waals surface area contributed by atoms with E-state index in [1.165, 1.54) is 38.5 Å². The van der Waals surface area contributed by atoms with Gasteiger partial charge in [0.2, 0.25) is 0 Å². The number of carbonyl (C=O) groups is 1. The minimum atomic E-state index is -0.872. The number of unbranched alkanes of at least 4 members (excludes halogenated alkanes) is 7. The van der Waals surface area contributed by atoms with Gasteiger partial charge in [-0.3, -0.25) is 4.79 Å². The predicted molar refractivity (Wildman–Crippen MR) is 103 cm³/mol. The molecule has 0 aromatic heterocycles. The van der Waals surface area contributed by atoms with Crippen molar-refractivity contribution in [1.82, 2.24) is 5.32 Å². The molecule has 2 atom stereocenters. The van der Waals surface area contributed by atoms with Crippen LogP contribution >= 0.6 is 0 Å². The Morgan fingerprint density at radius 1 is 1.00 bits per heavy atom. The van der Waals surface area contributed by atoms with Gasteiger partial charge in [0.15, 0.2) is 0 Å². The molecule has 1 unspecified atom stereocenters. The first-order valence-electron chi connectivity index (χ1n) is 9.81. The van der Waals surface area contributed by atoms with Crippen LogP contribution < -0.4 is 5.32 Å². The van der Waals surface area contributed by atoms with Gasteiger partial charge in [0.1, 0.15) is 6.04 Å². The number of hydrogen-bond donors (Lipinski definition) is 3. The highest BCUT2D eigenvalue weighted by molar-refractivity contribution is 5.73. The lowest BCUT2D eigenvalue weighted by atomic mass is 10.0. The summed E-state index contributed by atoms with van der Waals surface area (Å²) in [6.07, 6.45) is 10.6. The highest BCUT2D eigenvalue weighted by atomic mass is 16.4. The van der Waals surface area contributed by atoms with Crippen molar-refractivity contribution in [1.29, 1.82) is 0 Å². The topological polar surface area (TPSA) is 69.6 Å². The predicted octanol–water partition coefficient (Wildman–Crippen LogP) is 4.16. The number of nitrogens with one attached hydrogen (secondary N) is 1. The molecule has 0 fully saturated rings. The first-order chi connectivity index (χ1) is 12.1. The van der Waals surface area contributed by atoms with E-state index in [0.29, 0.717) is 13.0 Å². The number of hydrogen-bond acceptors (Lipinski definition) is 3. The molecule has 3 N–H and O–H groups in total. The van der Waals surface area contributed by atoms with E-state index in [9.17, 15) is 15.0 Å². The standard InChI is InChI=1S/C21H35NO3/c1-2-3-4-5-6-7-8-12-15-19(23)17-22-20(21(24)25)16-18-13-10-9-11-14-18/h9-11,13-14,19-20,22-23H,2-8,12,15-17H2,1H3,(H,24,25)/t19?,20-/m0/s1. The Hall–Kier alpha value is -1.39. The quantitative estimate of drug-likeness (QED) is 0.416. The number of carboxylic acid groups (broad SMARTS) is 1. The van der Waals surface area contributed by atoms with E-state index in [-0.39, 0.29) is 0 Å². The van der Waals surface area contributed by atoms with Crippen LogP contribution in [0.25, 0.3) is 0 Å². The van der Waals surface area contributed by atoms with Crippen LogP contribution in [-0.4, -0.2) is 34.9 Å². The highest BCUT2D eigenvalue weighted by Crippen LogP contribution is 2.11. The Morgan fingerprint density at radius 3 is 2.20 bits per heavy atom. The van der Waals surface area contributed by atoms with Gasteiger partial charge in [-0.15, -0.1) is 0 Å². The molecule has 0 heterocycles. The lowest BCUT2D eigenvalue weighted by molar-refractivity contribution is -0.139. The maximum Gasteiger partial charge on any atom is 0.321 e. The molecule has 0 spiro atoms. The van der Waals surface area contributed by atoms with Crippen molar-refractivity contribution in [3.05, 3.63) is 35.9 Å². The van der Waals surface area contributed by atoms with E-state index in [2.05, 4.69) is 12.2 Å². The van der Waals surface area contributed by atoms with Gasteiger partial charge in [0.05, 0.1) is 6.10 Å². The molecule has 0 radical (unpaired) electrons. The summed E-state index contributed by atoms with van der Waals surface area (Å²) in [5, 5.41) is 22.4. The molecule has 1 rings (SSSR count). The average Bonchev–Trinajstić information content (AvgIpc) is 2.61. The molecule has 0 aliphatic carbocycles. The third kappa shape index (κ3) is 11.0. The summed E-state index contributed by atoms with van der Waals surface area (Å²) in [6.45, 7) is 2.56. The van der Waals surface area contributed by atoms with Gasteiger partial charge in [-0.05, 0) is 18.4 Å². The largest absolute Gasteiger partial charge is 0.480 e. The van der Waals surface area contributed by atoms with Crippen LogP contribution in [0.3, 0.4) is 0 Å². The van der Waals surface area contributed by atoms with Gasteiger partial charge < -0.3 is 15.5 Å². The van der Waals surface area contributed by atoms with Crippen molar-refractivity contribution in [2.24, 2.45) is 0 Å². The van der Waals surface area contributed by atoms with Crippen molar-refractivity contribution in [3.63, 3.8) is 0 Å². The Balaban J connectivity index is 2.14. The fourth-order valence-electron chi connectivity index (χ4n) is 2.99. The summed E-state index contributed by atoms with van der Waals surface area (Å²) in [6, 6.07) is 8.93. The molecule has 25 heavy (non-hydrogen) atoms. The van der Waals surface area contributed by atoms with Gasteiger partial charge in [0.25, 0.3) is 0 Å². The fraction of sp³-hybridized carbons (Fsp3) is 0.667. The van der Waals surface area contributed by atoms with E-state index < -0.39 is 18.1 Å². The van der Waals surface area contributed by atoms with Crippen LogP contribution in [0.1, 0.15) is 70.3 Å². The van der Waals surface area contributed by atoms with Gasteiger partial charge in [-0.25, -0.2) is 0 Å². The van der Waals surface area contributed by atoms with E-state index in [4.69, 9.17) is 0 Å². The summed E-state index contributed by atoms with van der Waals surface area (Å²) >= 11 is 0. The Bertz CT molecular complexity index is 450. The fourth-order valence-corrected chi connectivity index (χ4v) is 2.99. The number of aliphatic hydroxyl groups excluding tert-OH is 1. The van der Waals surface area contributed by atoms with Crippen LogP contribution in [-0.2, 0) is 11.2 Å². The van der Waals surface area contributed by atoms with Crippen LogP contribution in [0.4, 0.5) is 0 Å². The second-order valence-electron chi connectivity index (χ2n) is 6.91. The Morgan fingerprint density at radius 2 is 1.60 bits per heavy atom. The zero-order valence-corrected chi connectivity index (χ0v) is 15.6. The zero-order chi connectivity index (χ0) is 18.3. The van der Waals surface area contributed by atoms with Gasteiger partial charge in [-0.2, -0.15) is 0 Å². The molecular weight excluding hydrogens is 314 g/mol. The van der Waals surface area contributed by atoms with E-state index in [1.807, 2.05) is 30.3 Å². The summed E-state index contributed by atoms with van der Waals surface area (Å²) < 4.78 is 0. The van der Waals surface area contributed by atoms with Crippen LogP contribution in [0, 0.1) is 0 Å². The second kappa shape index (κ2) is 13.9. The monoisotopic (exact) mass is 349 g/mol. The van der Waals surface area contributed by atoms with Crippen molar-refractivity contribution >= 4 is 5.97 Å².